The van der Waals surface area contributed by atoms with Gasteiger partial charge in [0.1, 0.15) is 0 Å². The predicted molar refractivity (Wildman–Crippen MR) is 306 cm³/mol. The Labute approximate surface area is 424 Å². The number of anilines is 5. The third-order valence-corrected chi connectivity index (χ3v) is 17.4. The van der Waals surface area contributed by atoms with Crippen molar-refractivity contribution in [3.05, 3.63) is 197 Å². The third kappa shape index (κ3) is 6.89. The van der Waals surface area contributed by atoms with Gasteiger partial charge in [-0.3, -0.25) is 0 Å². The fourth-order valence-electron chi connectivity index (χ4n) is 13.2. The Balaban J connectivity index is 1.28. The molecule has 8 aromatic carbocycles. The van der Waals surface area contributed by atoms with Gasteiger partial charge in [-0.25, -0.2) is 0 Å². The van der Waals surface area contributed by atoms with Crippen LogP contribution in [0.4, 0.5) is 28.4 Å². The lowest BCUT2D eigenvalue weighted by Gasteiger charge is -2.49. The van der Waals surface area contributed by atoms with Gasteiger partial charge >= 0.3 is 6.85 Å². The van der Waals surface area contributed by atoms with Crippen molar-refractivity contribution in [1.82, 2.24) is 0 Å². The van der Waals surface area contributed by atoms with E-state index in [0.29, 0.717) is 0 Å². The van der Waals surface area contributed by atoms with E-state index in [9.17, 15) is 0 Å². The summed E-state index contributed by atoms with van der Waals surface area (Å²) < 4.78 is 0. The summed E-state index contributed by atoms with van der Waals surface area (Å²) in [6, 6.07) is 61.7. The molecule has 0 unspecified atom stereocenters. The third-order valence-electron chi connectivity index (χ3n) is 17.4. The predicted octanol–water partition coefficient (Wildman–Crippen LogP) is 17.3. The maximum Gasteiger partial charge on any atom is 0.333 e. The van der Waals surface area contributed by atoms with Crippen LogP contribution in [0.3, 0.4) is 0 Å². The van der Waals surface area contributed by atoms with E-state index in [4.69, 9.17) is 0 Å². The first-order chi connectivity index (χ1) is 33.6. The van der Waals surface area contributed by atoms with E-state index in [1.165, 1.54) is 123 Å². The van der Waals surface area contributed by atoms with Gasteiger partial charge in [0.05, 0.1) is 5.69 Å². The molecule has 0 fully saturated rings. The van der Waals surface area contributed by atoms with E-state index in [2.05, 4.69) is 257 Å². The summed E-state index contributed by atoms with van der Waals surface area (Å²) in [6.07, 6.45) is 2.31. The van der Waals surface area contributed by atoms with Gasteiger partial charge in [0.2, 0.25) is 0 Å². The zero-order valence-electron chi connectivity index (χ0n) is 44.4. The SMILES string of the molecule is Cc1ccccc1-c1cc2c3c(c1)N(c1ccc(C(C)(C)C)cc1-c1ccccc1)c1ccc4c(c1B3N(c1ccc(C(C)(C)C)cc1)c1cc3c(cc1-2)C(C)(C)CCC3(C)C)C(C)(C)c1ccccc1-4. The highest BCUT2D eigenvalue weighted by molar-refractivity contribution is 6.94. The molecule has 0 saturated carbocycles. The maximum absolute atomic E-state index is 2.79. The van der Waals surface area contributed by atoms with Crippen LogP contribution in [0.15, 0.2) is 158 Å². The maximum atomic E-state index is 2.79. The fourth-order valence-corrected chi connectivity index (χ4v) is 13.2. The van der Waals surface area contributed by atoms with Crippen LogP contribution in [-0.4, -0.2) is 6.85 Å². The van der Waals surface area contributed by atoms with Gasteiger partial charge in [0.25, 0.3) is 0 Å². The summed E-state index contributed by atoms with van der Waals surface area (Å²) in [7, 11) is 0. The molecule has 0 radical (unpaired) electrons. The molecule has 2 nitrogen and oxygen atoms in total. The molecule has 4 aliphatic rings. The van der Waals surface area contributed by atoms with Crippen LogP contribution in [0.5, 0.6) is 0 Å². The van der Waals surface area contributed by atoms with Crippen LogP contribution in [0, 0.1) is 6.92 Å². The number of fused-ring (bicyclic) bond motifs is 9. The normalized spacial score (nSPS) is 16.7. The Kier molecular flexibility index (Phi) is 9.92. The molecule has 0 spiro atoms. The molecule has 0 atom stereocenters. The van der Waals surface area contributed by atoms with E-state index in [0.717, 1.165) is 12.8 Å². The van der Waals surface area contributed by atoms with Crippen LogP contribution in [0.1, 0.15) is 135 Å². The van der Waals surface area contributed by atoms with Crippen LogP contribution in [0.25, 0.3) is 44.5 Å². The lowest BCUT2D eigenvalue weighted by molar-refractivity contribution is 0.332. The van der Waals surface area contributed by atoms with Crippen LogP contribution in [0.2, 0.25) is 0 Å². The van der Waals surface area contributed by atoms with Crippen LogP contribution in [-0.2, 0) is 27.1 Å². The number of nitrogens with zero attached hydrogens (tertiary/aromatic N) is 2. The van der Waals surface area contributed by atoms with Crippen molar-refractivity contribution in [3.63, 3.8) is 0 Å². The second-order valence-corrected chi connectivity index (χ2v) is 25.3. The van der Waals surface area contributed by atoms with Gasteiger partial charge in [-0.15, -0.1) is 0 Å². The van der Waals surface area contributed by atoms with Gasteiger partial charge in [0, 0.05) is 39.3 Å². The Bertz CT molecular complexity index is 3480. The van der Waals surface area contributed by atoms with E-state index < -0.39 is 0 Å². The van der Waals surface area contributed by atoms with E-state index in [-0.39, 0.29) is 33.9 Å². The van der Waals surface area contributed by atoms with Crippen LogP contribution < -0.4 is 20.6 Å². The molecule has 0 saturated heterocycles. The minimum Gasteiger partial charge on any atom is -0.376 e. The van der Waals surface area contributed by atoms with E-state index in [1.54, 1.807) is 0 Å². The molecule has 12 rings (SSSR count). The number of hydrogen-bond donors (Lipinski definition) is 0. The van der Waals surface area contributed by atoms with Crippen molar-refractivity contribution < 1.29 is 0 Å². The average molecular weight is 925 g/mol. The second-order valence-electron chi connectivity index (χ2n) is 25.3. The largest absolute Gasteiger partial charge is 0.376 e. The number of aryl methyl sites for hydroxylation is 1. The van der Waals surface area contributed by atoms with E-state index >= 15 is 0 Å². The molecular formula is C68H69BN2. The number of hydrogen-bond acceptors (Lipinski definition) is 2. The van der Waals surface area contributed by atoms with Crippen molar-refractivity contribution >= 4 is 46.2 Å². The molecule has 0 aromatic heterocycles. The monoisotopic (exact) mass is 925 g/mol. The molecule has 2 aliphatic carbocycles. The quantitative estimate of drug-likeness (QED) is 0.162. The molecular weight excluding hydrogens is 856 g/mol. The molecule has 354 valence electrons. The molecule has 2 heterocycles. The molecule has 8 aromatic rings. The fraction of sp³-hybridized carbons (Fsp3) is 0.294. The van der Waals surface area contributed by atoms with Crippen molar-refractivity contribution in [2.75, 3.05) is 9.71 Å². The van der Waals surface area contributed by atoms with Gasteiger partial charge in [-0.1, -0.05) is 186 Å². The Morgan fingerprint density at radius 2 is 1.03 bits per heavy atom. The highest BCUT2D eigenvalue weighted by Gasteiger charge is 2.51. The Morgan fingerprint density at radius 3 is 1.70 bits per heavy atom. The first-order valence-electron chi connectivity index (χ1n) is 26.3. The van der Waals surface area contributed by atoms with Crippen molar-refractivity contribution in [2.24, 2.45) is 0 Å². The Morgan fingerprint density at radius 1 is 0.423 bits per heavy atom. The first kappa shape index (κ1) is 45.6. The minimum atomic E-state index is -0.274. The summed E-state index contributed by atoms with van der Waals surface area (Å²) in [6.45, 7) is 31.0. The summed E-state index contributed by atoms with van der Waals surface area (Å²) in [5.41, 5.74) is 28.8. The van der Waals surface area contributed by atoms with Gasteiger partial charge < -0.3 is 9.71 Å². The van der Waals surface area contributed by atoms with Crippen molar-refractivity contribution in [1.29, 1.82) is 0 Å². The van der Waals surface area contributed by atoms with E-state index in [1.807, 2.05) is 0 Å². The van der Waals surface area contributed by atoms with Gasteiger partial charge in [-0.05, 0) is 179 Å². The molecule has 2 aliphatic heterocycles. The standard InChI is InChI=1S/C68H69BN2/c1-42-21-17-18-24-48(42)44-37-53-52-40-55-56(67(10,11)36-35-66(55,8)9)41-59(52)71(47-30-27-45(28-31-47)64(2,3)4)69-62(53)60(38-44)70(57-33-29-46(65(5,6)7)39-51(57)43-22-15-14-16-23-43)58-34-32-50-49-25-19-20-26-54(49)68(12,13)61(50)63(58)69/h14-34,37-41H,35-36H2,1-13H3. The zero-order chi connectivity index (χ0) is 49.7. The summed E-state index contributed by atoms with van der Waals surface area (Å²) in [4.78, 5) is 5.48. The molecule has 3 heteroatoms. The van der Waals surface area contributed by atoms with Gasteiger partial charge in [-0.2, -0.15) is 0 Å². The minimum absolute atomic E-state index is 0.0202. The van der Waals surface area contributed by atoms with Crippen molar-refractivity contribution in [3.8, 4) is 44.5 Å². The summed E-state index contributed by atoms with van der Waals surface area (Å²) in [5, 5.41) is 0. The molecule has 0 N–H and O–H groups in total. The molecule has 0 amide bonds. The highest BCUT2D eigenvalue weighted by Crippen LogP contribution is 2.57. The van der Waals surface area contributed by atoms with Gasteiger partial charge in [0.15, 0.2) is 0 Å². The molecule has 0 bridgehead atoms. The zero-order valence-corrected chi connectivity index (χ0v) is 44.4. The summed E-state index contributed by atoms with van der Waals surface area (Å²) >= 11 is 0. The lowest BCUT2D eigenvalue weighted by Crippen LogP contribution is -2.63. The molecule has 71 heavy (non-hydrogen) atoms. The highest BCUT2D eigenvalue weighted by atomic mass is 15.2. The number of benzene rings is 8. The first-order valence-corrected chi connectivity index (χ1v) is 26.3. The Hall–Kier alpha value is -6.58. The topological polar surface area (TPSA) is 6.48 Å². The van der Waals surface area contributed by atoms with Crippen LogP contribution >= 0.6 is 0 Å². The van der Waals surface area contributed by atoms with Crippen molar-refractivity contribution in [2.45, 2.75) is 130 Å². The summed E-state index contributed by atoms with van der Waals surface area (Å²) in [5.74, 6) is 0. The second kappa shape index (κ2) is 15.5. The average Bonchev–Trinajstić information content (AvgIpc) is 3.58. The number of rotatable bonds is 4. The smallest absolute Gasteiger partial charge is 0.333 e. The lowest BCUT2D eigenvalue weighted by atomic mass is 9.41.